The molecule has 0 radical (unpaired) electrons. The van der Waals surface area contributed by atoms with Crippen LogP contribution in [0.2, 0.25) is 0 Å². The van der Waals surface area contributed by atoms with Crippen LogP contribution in [0, 0.1) is 11.3 Å². The number of thiophene rings is 1. The number of hydrogen-bond donors (Lipinski definition) is 2. The predicted octanol–water partition coefficient (Wildman–Crippen LogP) is 4.23. The molecule has 0 unspecified atom stereocenters. The monoisotopic (exact) mass is 608 g/mol. The number of amidine groups is 1. The topological polar surface area (TPSA) is 173 Å². The standard InChI is InChI=1S/C30H40N8O4S/c1-8-18-17-38(27(40)41-28(2,3)4)29(5,6)13-15-37(18)26-34-14-11-20(35-26)23(32)36-42-25(39)30(7)12-9-10-21-22(30)19(16-31)24(33)43-21/h8,11,14,18H,1,9-10,12-13,15,17,33H2,2-7H3,(H2,32,36)/t18-,30-/m0/s1. The number of carbonyl (C=O) groups is 2. The molecule has 230 valence electrons. The summed E-state index contributed by atoms with van der Waals surface area (Å²) >= 11 is 1.33. The highest BCUT2D eigenvalue weighted by atomic mass is 32.1. The highest BCUT2D eigenvalue weighted by molar-refractivity contribution is 7.16. The highest BCUT2D eigenvalue weighted by Gasteiger charge is 2.45. The van der Waals surface area contributed by atoms with Gasteiger partial charge in [-0.1, -0.05) is 11.2 Å². The summed E-state index contributed by atoms with van der Waals surface area (Å²) in [6, 6.07) is 3.40. The van der Waals surface area contributed by atoms with Crippen LogP contribution in [0.4, 0.5) is 15.7 Å². The first-order chi connectivity index (χ1) is 20.1. The SMILES string of the molecule is C=C[C@H]1CN(C(=O)OC(C)(C)C)C(C)(C)CCN1c1nccc(/C(N)=N/OC(=O)[C@@]2(C)CCCc3sc(N)c(C#N)c32)n1. The maximum atomic E-state index is 13.3. The molecule has 1 amide bonds. The number of aromatic nitrogens is 2. The lowest BCUT2D eigenvalue weighted by atomic mass is 9.72. The van der Waals surface area contributed by atoms with E-state index in [2.05, 4.69) is 27.8 Å². The van der Waals surface area contributed by atoms with Crippen molar-refractivity contribution in [2.24, 2.45) is 10.9 Å². The van der Waals surface area contributed by atoms with Gasteiger partial charge in [-0.05, 0) is 73.3 Å². The number of nitriles is 1. The van der Waals surface area contributed by atoms with Crippen LogP contribution in [-0.2, 0) is 26.2 Å². The van der Waals surface area contributed by atoms with Crippen molar-refractivity contribution in [1.29, 1.82) is 5.26 Å². The van der Waals surface area contributed by atoms with Crippen LogP contribution in [0.15, 0.2) is 30.1 Å². The molecule has 2 aromatic rings. The van der Waals surface area contributed by atoms with Crippen molar-refractivity contribution in [2.45, 2.75) is 89.8 Å². The molecule has 1 aliphatic carbocycles. The van der Waals surface area contributed by atoms with E-state index in [1.165, 1.54) is 11.3 Å². The lowest BCUT2D eigenvalue weighted by Gasteiger charge is -2.38. The van der Waals surface area contributed by atoms with Crippen LogP contribution in [0.5, 0.6) is 0 Å². The number of hydrogen-bond acceptors (Lipinski definition) is 11. The Balaban J connectivity index is 1.56. The first-order valence-corrected chi connectivity index (χ1v) is 15.0. The molecule has 3 heterocycles. The normalized spacial score (nSPS) is 22.2. The third-order valence-corrected chi connectivity index (χ3v) is 9.02. The highest BCUT2D eigenvalue weighted by Crippen LogP contribution is 2.46. The summed E-state index contributed by atoms with van der Waals surface area (Å²) in [5.41, 5.74) is 11.3. The largest absolute Gasteiger partial charge is 0.444 e. The fraction of sp³-hybridized carbons (Fsp3) is 0.533. The molecule has 4 N–H and O–H groups in total. The number of nitrogens with two attached hydrogens (primary N) is 2. The van der Waals surface area contributed by atoms with Crippen molar-refractivity contribution in [2.75, 3.05) is 23.7 Å². The summed E-state index contributed by atoms with van der Waals surface area (Å²) in [6.45, 7) is 16.1. The Labute approximate surface area is 256 Å². The number of nitrogen functional groups attached to an aromatic ring is 1. The molecule has 1 saturated heterocycles. The van der Waals surface area contributed by atoms with Gasteiger partial charge in [-0.15, -0.1) is 17.9 Å². The van der Waals surface area contributed by atoms with E-state index in [1.54, 1.807) is 30.2 Å². The fourth-order valence-corrected chi connectivity index (χ4v) is 6.67. The summed E-state index contributed by atoms with van der Waals surface area (Å²) in [4.78, 5) is 45.5. The van der Waals surface area contributed by atoms with E-state index in [0.29, 0.717) is 48.0 Å². The lowest BCUT2D eigenvalue weighted by molar-refractivity contribution is -0.150. The zero-order chi connectivity index (χ0) is 31.7. The van der Waals surface area contributed by atoms with Gasteiger partial charge < -0.3 is 30.8 Å². The van der Waals surface area contributed by atoms with Gasteiger partial charge >= 0.3 is 12.1 Å². The van der Waals surface area contributed by atoms with Crippen molar-refractivity contribution < 1.29 is 19.2 Å². The fourth-order valence-electron chi connectivity index (χ4n) is 5.48. The summed E-state index contributed by atoms with van der Waals surface area (Å²) in [6.07, 6.45) is 5.50. The van der Waals surface area contributed by atoms with Crippen molar-refractivity contribution in [3.05, 3.63) is 46.6 Å². The minimum absolute atomic E-state index is 0.109. The van der Waals surface area contributed by atoms with Gasteiger partial charge in [0.15, 0.2) is 5.84 Å². The second kappa shape index (κ2) is 11.8. The molecule has 0 bridgehead atoms. The maximum absolute atomic E-state index is 13.3. The number of rotatable bonds is 5. The number of carbonyl (C=O) groups excluding carboxylic acids is 2. The van der Waals surface area contributed by atoms with Crippen LogP contribution in [-0.4, -0.2) is 63.0 Å². The third-order valence-electron chi connectivity index (χ3n) is 7.94. The van der Waals surface area contributed by atoms with Crippen LogP contribution in [0.3, 0.4) is 0 Å². The Morgan fingerprint density at radius 1 is 1.30 bits per heavy atom. The van der Waals surface area contributed by atoms with Crippen LogP contribution in [0.1, 0.15) is 82.5 Å². The van der Waals surface area contributed by atoms with Gasteiger partial charge in [-0.25, -0.2) is 19.6 Å². The van der Waals surface area contributed by atoms with Crippen LogP contribution in [0.25, 0.3) is 0 Å². The molecule has 12 nitrogen and oxygen atoms in total. The zero-order valence-electron chi connectivity index (χ0n) is 25.6. The van der Waals surface area contributed by atoms with Crippen molar-refractivity contribution in [3.8, 4) is 6.07 Å². The molecule has 43 heavy (non-hydrogen) atoms. The van der Waals surface area contributed by atoms with Crippen LogP contribution < -0.4 is 16.4 Å². The van der Waals surface area contributed by atoms with Gasteiger partial charge in [-0.3, -0.25) is 0 Å². The number of aryl methyl sites for hydroxylation is 1. The van der Waals surface area contributed by atoms with Gasteiger partial charge in [0.1, 0.15) is 22.4 Å². The Morgan fingerprint density at radius 2 is 2.02 bits per heavy atom. The quantitative estimate of drug-likeness (QED) is 0.164. The van der Waals surface area contributed by atoms with Gasteiger partial charge in [0.25, 0.3) is 0 Å². The predicted molar refractivity (Wildman–Crippen MR) is 166 cm³/mol. The van der Waals surface area contributed by atoms with Gasteiger partial charge in [-0.2, -0.15) is 5.26 Å². The molecular formula is C30H40N8O4S. The molecule has 0 spiro atoms. The molecule has 2 aliphatic rings. The summed E-state index contributed by atoms with van der Waals surface area (Å²) in [7, 11) is 0. The average Bonchev–Trinajstić information content (AvgIpc) is 3.20. The average molecular weight is 609 g/mol. The number of nitrogens with zero attached hydrogens (tertiary/aromatic N) is 6. The second-order valence-corrected chi connectivity index (χ2v) is 13.8. The molecule has 4 rings (SSSR count). The molecule has 2 atom stereocenters. The molecule has 13 heteroatoms. The third kappa shape index (κ3) is 6.44. The van der Waals surface area contributed by atoms with Gasteiger partial charge in [0.2, 0.25) is 5.95 Å². The van der Waals surface area contributed by atoms with E-state index in [-0.39, 0.29) is 17.6 Å². The Bertz CT molecular complexity index is 1490. The van der Waals surface area contributed by atoms with Crippen molar-refractivity contribution in [3.63, 3.8) is 0 Å². The molecule has 1 fully saturated rings. The number of fused-ring (bicyclic) bond motifs is 1. The van der Waals surface area contributed by atoms with E-state index in [1.807, 2.05) is 39.5 Å². The number of oxime groups is 1. The van der Waals surface area contributed by atoms with E-state index >= 15 is 0 Å². The molecule has 0 aromatic carbocycles. The first kappa shape index (κ1) is 31.7. The van der Waals surface area contributed by atoms with E-state index < -0.39 is 28.6 Å². The van der Waals surface area contributed by atoms with E-state index in [9.17, 15) is 14.9 Å². The van der Waals surface area contributed by atoms with E-state index in [0.717, 1.165) is 17.7 Å². The van der Waals surface area contributed by atoms with Crippen molar-refractivity contribution >= 4 is 40.2 Å². The zero-order valence-corrected chi connectivity index (χ0v) is 26.5. The molecule has 2 aromatic heterocycles. The molecule has 1 aliphatic heterocycles. The number of ether oxygens (including phenoxy) is 1. The number of anilines is 2. The minimum Gasteiger partial charge on any atom is -0.444 e. The summed E-state index contributed by atoms with van der Waals surface area (Å²) < 4.78 is 5.69. The van der Waals surface area contributed by atoms with E-state index in [4.69, 9.17) is 21.0 Å². The Hall–Kier alpha value is -4.18. The van der Waals surface area contributed by atoms with Crippen LogP contribution >= 0.6 is 11.3 Å². The summed E-state index contributed by atoms with van der Waals surface area (Å²) in [5, 5.41) is 14.0. The molecule has 0 saturated carbocycles. The first-order valence-electron chi connectivity index (χ1n) is 14.2. The maximum Gasteiger partial charge on any atom is 0.410 e. The lowest BCUT2D eigenvalue weighted by Crippen LogP contribution is -2.51. The summed E-state index contributed by atoms with van der Waals surface area (Å²) in [5.74, 6) is -0.364. The Morgan fingerprint density at radius 3 is 2.67 bits per heavy atom. The second-order valence-electron chi connectivity index (χ2n) is 12.7. The number of amides is 1. The smallest absolute Gasteiger partial charge is 0.410 e. The van der Waals surface area contributed by atoms with Crippen molar-refractivity contribution in [1.82, 2.24) is 14.9 Å². The minimum atomic E-state index is -1.08. The van der Waals surface area contributed by atoms with Gasteiger partial charge in [0.05, 0.1) is 17.0 Å². The van der Waals surface area contributed by atoms with Gasteiger partial charge in [0, 0.05) is 35.3 Å². The molecular weight excluding hydrogens is 568 g/mol. The Kier molecular flexibility index (Phi) is 8.74.